The van der Waals surface area contributed by atoms with Crippen LogP contribution in [0.3, 0.4) is 0 Å². The fraction of sp³-hybridized carbons (Fsp3) is 0.389. The lowest BCUT2D eigenvalue weighted by Gasteiger charge is -2.08. The van der Waals surface area contributed by atoms with Crippen LogP contribution < -0.4 is 10.3 Å². The van der Waals surface area contributed by atoms with Crippen molar-refractivity contribution in [3.05, 3.63) is 51.2 Å². The summed E-state index contributed by atoms with van der Waals surface area (Å²) in [5, 5.41) is 0. The van der Waals surface area contributed by atoms with Gasteiger partial charge in [-0.2, -0.15) is 0 Å². The minimum absolute atomic E-state index is 0.131. The highest BCUT2D eigenvalue weighted by Crippen LogP contribution is 2.28. The van der Waals surface area contributed by atoms with Crippen molar-refractivity contribution in [1.82, 2.24) is 10.3 Å². The van der Waals surface area contributed by atoms with Gasteiger partial charge in [0, 0.05) is 4.88 Å². The number of hydrogen-bond acceptors (Lipinski definition) is 4. The first-order valence-corrected chi connectivity index (χ1v) is 10.8. The van der Waals surface area contributed by atoms with Gasteiger partial charge in [0.25, 0.3) is 15.9 Å². The molecule has 0 radical (unpaired) electrons. The zero-order valence-electron chi connectivity index (χ0n) is 14.2. The SMILES string of the molecule is CCc1ccc(S(=O)(=O)NNC(=O)c2cc3c(s2)CCCCC3)cc1. The molecule has 0 atom stereocenters. The number of benzene rings is 1. The molecule has 1 aliphatic rings. The number of fused-ring (bicyclic) bond motifs is 1. The maximum atomic E-state index is 12.3. The van der Waals surface area contributed by atoms with Crippen LogP contribution in [0.4, 0.5) is 0 Å². The van der Waals surface area contributed by atoms with Gasteiger partial charge in [-0.05, 0) is 61.4 Å². The van der Waals surface area contributed by atoms with E-state index < -0.39 is 15.9 Å². The zero-order chi connectivity index (χ0) is 17.9. The summed E-state index contributed by atoms with van der Waals surface area (Å²) in [7, 11) is -3.77. The molecular weight excluding hydrogens is 356 g/mol. The van der Waals surface area contributed by atoms with Crippen molar-refractivity contribution in [2.45, 2.75) is 50.3 Å². The van der Waals surface area contributed by atoms with Crippen LogP contribution in [-0.4, -0.2) is 14.3 Å². The van der Waals surface area contributed by atoms with Crippen LogP contribution in [0.25, 0.3) is 0 Å². The zero-order valence-corrected chi connectivity index (χ0v) is 15.8. The summed E-state index contributed by atoms with van der Waals surface area (Å²) in [4.78, 5) is 16.4. The number of hydrogen-bond donors (Lipinski definition) is 2. The van der Waals surface area contributed by atoms with Gasteiger partial charge in [-0.3, -0.25) is 10.2 Å². The lowest BCUT2D eigenvalue weighted by atomic mass is 10.1. The number of rotatable bonds is 5. The number of hydrazine groups is 1. The van der Waals surface area contributed by atoms with Crippen molar-refractivity contribution in [2.75, 3.05) is 0 Å². The second-order valence-corrected chi connectivity index (χ2v) is 9.00. The quantitative estimate of drug-likeness (QED) is 0.620. The average Bonchev–Trinajstić information content (AvgIpc) is 2.90. The molecule has 5 nitrogen and oxygen atoms in total. The third-order valence-corrected chi connectivity index (χ3v) is 6.91. The van der Waals surface area contributed by atoms with E-state index in [1.54, 1.807) is 24.3 Å². The molecule has 1 aromatic carbocycles. The fourth-order valence-electron chi connectivity index (χ4n) is 2.92. The van der Waals surface area contributed by atoms with Crippen molar-refractivity contribution in [3.8, 4) is 0 Å². The first-order chi connectivity index (χ1) is 12.0. The third kappa shape index (κ3) is 4.29. The number of amides is 1. The Labute approximate surface area is 152 Å². The Balaban J connectivity index is 1.66. The largest absolute Gasteiger partial charge is 0.276 e. The van der Waals surface area contributed by atoms with Gasteiger partial charge in [-0.1, -0.05) is 25.5 Å². The normalized spacial score (nSPS) is 14.6. The molecule has 134 valence electrons. The fourth-order valence-corrected chi connectivity index (χ4v) is 4.91. The molecule has 3 rings (SSSR count). The van der Waals surface area contributed by atoms with E-state index in [0.717, 1.165) is 37.7 Å². The molecule has 0 aliphatic heterocycles. The minimum Gasteiger partial charge on any atom is -0.273 e. The lowest BCUT2D eigenvalue weighted by Crippen LogP contribution is -2.41. The van der Waals surface area contributed by atoms with Crippen LogP contribution >= 0.6 is 11.3 Å². The van der Waals surface area contributed by atoms with E-state index in [0.29, 0.717) is 4.88 Å². The standard InChI is InChI=1S/C18H22N2O3S2/c1-2-13-8-10-15(11-9-13)25(22,23)20-19-18(21)17-12-14-6-4-3-5-7-16(14)24-17/h8-12,20H,2-7H2,1H3,(H,19,21). The highest BCUT2D eigenvalue weighted by molar-refractivity contribution is 7.89. The minimum atomic E-state index is -3.77. The maximum Gasteiger partial charge on any atom is 0.276 e. The molecule has 0 saturated carbocycles. The smallest absolute Gasteiger partial charge is 0.273 e. The molecule has 7 heteroatoms. The Kier molecular flexibility index (Phi) is 5.56. The first kappa shape index (κ1) is 18.1. The molecule has 0 saturated heterocycles. The summed E-state index contributed by atoms with van der Waals surface area (Å²) in [6.45, 7) is 2.00. The Morgan fingerprint density at radius 1 is 1.12 bits per heavy atom. The Morgan fingerprint density at radius 3 is 2.56 bits per heavy atom. The third-order valence-electron chi connectivity index (χ3n) is 4.41. The number of sulfonamides is 1. The van der Waals surface area contributed by atoms with E-state index >= 15 is 0 Å². The number of carbonyl (C=O) groups excluding carboxylic acids is 1. The van der Waals surface area contributed by atoms with Gasteiger partial charge >= 0.3 is 0 Å². The van der Waals surface area contributed by atoms with E-state index in [-0.39, 0.29) is 4.90 Å². The van der Waals surface area contributed by atoms with Crippen LogP contribution in [0.2, 0.25) is 0 Å². The molecule has 1 amide bonds. The molecule has 1 aliphatic carbocycles. The van der Waals surface area contributed by atoms with Gasteiger partial charge in [-0.15, -0.1) is 16.2 Å². The topological polar surface area (TPSA) is 75.3 Å². The average molecular weight is 379 g/mol. The molecule has 1 heterocycles. The molecule has 0 spiro atoms. The van der Waals surface area contributed by atoms with Crippen LogP contribution in [0.15, 0.2) is 35.2 Å². The lowest BCUT2D eigenvalue weighted by molar-refractivity contribution is 0.0949. The van der Waals surface area contributed by atoms with Crippen LogP contribution in [0, 0.1) is 0 Å². The van der Waals surface area contributed by atoms with Crippen molar-refractivity contribution in [1.29, 1.82) is 0 Å². The summed E-state index contributed by atoms with van der Waals surface area (Å²) in [6.07, 6.45) is 6.35. The van der Waals surface area contributed by atoms with Gasteiger partial charge in [0.05, 0.1) is 9.77 Å². The van der Waals surface area contributed by atoms with Crippen LogP contribution in [-0.2, 0) is 29.3 Å². The summed E-state index contributed by atoms with van der Waals surface area (Å²) in [5.41, 5.74) is 4.61. The monoisotopic (exact) mass is 378 g/mol. The van der Waals surface area contributed by atoms with E-state index in [4.69, 9.17) is 0 Å². The number of aryl methyl sites for hydroxylation is 3. The van der Waals surface area contributed by atoms with E-state index in [9.17, 15) is 13.2 Å². The molecule has 2 aromatic rings. The molecule has 0 fully saturated rings. The van der Waals surface area contributed by atoms with Crippen molar-refractivity contribution in [3.63, 3.8) is 0 Å². The van der Waals surface area contributed by atoms with Crippen molar-refractivity contribution < 1.29 is 13.2 Å². The predicted octanol–water partition coefficient (Wildman–Crippen LogP) is 3.20. The van der Waals surface area contributed by atoms with Gasteiger partial charge in [-0.25, -0.2) is 8.42 Å². The van der Waals surface area contributed by atoms with Crippen molar-refractivity contribution in [2.24, 2.45) is 0 Å². The second kappa shape index (κ2) is 7.68. The maximum absolute atomic E-state index is 12.3. The predicted molar refractivity (Wildman–Crippen MR) is 99.2 cm³/mol. The van der Waals surface area contributed by atoms with E-state index in [1.165, 1.54) is 28.2 Å². The summed E-state index contributed by atoms with van der Waals surface area (Å²) >= 11 is 1.46. The Hall–Kier alpha value is -1.70. The van der Waals surface area contributed by atoms with Crippen LogP contribution in [0.1, 0.15) is 51.9 Å². The molecular formula is C18H22N2O3S2. The van der Waals surface area contributed by atoms with Crippen molar-refractivity contribution >= 4 is 27.3 Å². The van der Waals surface area contributed by atoms with Gasteiger partial charge in [0.2, 0.25) is 0 Å². The molecule has 25 heavy (non-hydrogen) atoms. The number of thiophene rings is 1. The van der Waals surface area contributed by atoms with Gasteiger partial charge in [0.1, 0.15) is 0 Å². The second-order valence-electron chi connectivity index (χ2n) is 6.18. The summed E-state index contributed by atoms with van der Waals surface area (Å²) in [5.74, 6) is -0.410. The Bertz CT molecular complexity index is 831. The number of nitrogens with one attached hydrogen (secondary N) is 2. The molecule has 0 unspecified atom stereocenters. The van der Waals surface area contributed by atoms with Gasteiger partial charge in [0.15, 0.2) is 0 Å². The molecule has 0 bridgehead atoms. The van der Waals surface area contributed by atoms with E-state index in [1.807, 2.05) is 13.0 Å². The highest BCUT2D eigenvalue weighted by atomic mass is 32.2. The van der Waals surface area contributed by atoms with E-state index in [2.05, 4.69) is 10.3 Å². The van der Waals surface area contributed by atoms with Gasteiger partial charge < -0.3 is 0 Å². The number of carbonyl (C=O) groups is 1. The molecule has 2 N–H and O–H groups in total. The summed E-state index contributed by atoms with van der Waals surface area (Å²) < 4.78 is 24.6. The highest BCUT2D eigenvalue weighted by Gasteiger charge is 2.19. The summed E-state index contributed by atoms with van der Waals surface area (Å²) in [6, 6.07) is 8.52. The Morgan fingerprint density at radius 2 is 1.84 bits per heavy atom. The van der Waals surface area contributed by atoms with Crippen LogP contribution in [0.5, 0.6) is 0 Å². The molecule has 1 aromatic heterocycles. The first-order valence-electron chi connectivity index (χ1n) is 8.52.